The molecule has 1 atom stereocenters. The predicted molar refractivity (Wildman–Crippen MR) is 115 cm³/mol. The van der Waals surface area contributed by atoms with E-state index in [1.807, 2.05) is 17.0 Å². The molecule has 2 N–H and O–H groups in total. The van der Waals surface area contributed by atoms with Gasteiger partial charge in [-0.15, -0.1) is 11.3 Å². The number of likely N-dealkylation sites (tertiary alicyclic amines) is 1. The highest BCUT2D eigenvalue weighted by molar-refractivity contribution is 7.20. The summed E-state index contributed by atoms with van der Waals surface area (Å²) in [6.07, 6.45) is 3.44. The summed E-state index contributed by atoms with van der Waals surface area (Å²) in [5.41, 5.74) is 0.893. The predicted octanol–water partition coefficient (Wildman–Crippen LogP) is 1.40. The maximum Gasteiger partial charge on any atom is 0.261 e. The van der Waals surface area contributed by atoms with E-state index in [1.54, 1.807) is 13.1 Å². The third-order valence-corrected chi connectivity index (χ3v) is 7.08. The van der Waals surface area contributed by atoms with Crippen LogP contribution in [-0.2, 0) is 9.53 Å². The van der Waals surface area contributed by atoms with E-state index in [1.165, 1.54) is 11.3 Å². The van der Waals surface area contributed by atoms with Crippen LogP contribution in [0, 0.1) is 0 Å². The van der Waals surface area contributed by atoms with Gasteiger partial charge in [-0.3, -0.25) is 14.5 Å². The number of aliphatic hydroxyl groups is 1. The van der Waals surface area contributed by atoms with Gasteiger partial charge in [0.15, 0.2) is 0 Å². The van der Waals surface area contributed by atoms with E-state index >= 15 is 0 Å². The number of rotatable bonds is 5. The molecule has 2 fully saturated rings. The van der Waals surface area contributed by atoms with Crippen LogP contribution in [0.5, 0.6) is 0 Å². The quantitative estimate of drug-likeness (QED) is 0.742. The number of fused-ring (bicyclic) bond motifs is 1. The monoisotopic (exact) mass is 432 g/mol. The van der Waals surface area contributed by atoms with E-state index in [-0.39, 0.29) is 31.1 Å². The summed E-state index contributed by atoms with van der Waals surface area (Å²) in [6.45, 7) is 5.50. The molecule has 8 nitrogen and oxygen atoms in total. The lowest BCUT2D eigenvalue weighted by atomic mass is 9.99. The molecule has 1 unspecified atom stereocenters. The molecule has 30 heavy (non-hydrogen) atoms. The molecular formula is C21H28N4O4S. The van der Waals surface area contributed by atoms with Crippen molar-refractivity contribution in [3.8, 4) is 0 Å². The van der Waals surface area contributed by atoms with Crippen LogP contribution in [0.3, 0.4) is 0 Å². The highest BCUT2D eigenvalue weighted by Crippen LogP contribution is 2.38. The fourth-order valence-corrected chi connectivity index (χ4v) is 5.52. The largest absolute Gasteiger partial charge is 0.395 e. The van der Waals surface area contributed by atoms with Gasteiger partial charge >= 0.3 is 0 Å². The van der Waals surface area contributed by atoms with Crippen LogP contribution in [0.25, 0.3) is 10.2 Å². The normalized spacial score (nSPS) is 21.1. The third-order valence-electron chi connectivity index (χ3n) is 5.95. The molecule has 4 heterocycles. The number of pyridine rings is 1. The van der Waals surface area contributed by atoms with Crippen molar-refractivity contribution in [2.45, 2.75) is 31.9 Å². The van der Waals surface area contributed by atoms with Crippen LogP contribution in [0.1, 0.15) is 41.1 Å². The number of hydrogen-bond donors (Lipinski definition) is 2. The first-order valence-corrected chi connectivity index (χ1v) is 11.3. The number of morpholine rings is 1. The molecule has 2 saturated heterocycles. The zero-order chi connectivity index (χ0) is 21.1. The smallest absolute Gasteiger partial charge is 0.261 e. The number of thiophene rings is 1. The average molecular weight is 433 g/mol. The van der Waals surface area contributed by atoms with Gasteiger partial charge in [0.1, 0.15) is 9.71 Å². The zero-order valence-electron chi connectivity index (χ0n) is 17.2. The summed E-state index contributed by atoms with van der Waals surface area (Å²) in [5, 5.41) is 12.8. The molecule has 0 spiro atoms. The first-order chi connectivity index (χ1) is 14.6. The molecule has 162 valence electrons. The number of aromatic nitrogens is 1. The van der Waals surface area contributed by atoms with Crippen LogP contribution in [0.4, 0.5) is 0 Å². The molecule has 2 aromatic rings. The summed E-state index contributed by atoms with van der Waals surface area (Å²) in [6, 6.07) is 4.29. The second kappa shape index (κ2) is 9.38. The van der Waals surface area contributed by atoms with Gasteiger partial charge in [-0.25, -0.2) is 4.98 Å². The van der Waals surface area contributed by atoms with E-state index in [4.69, 9.17) is 9.84 Å². The minimum atomic E-state index is -0.211. The lowest BCUT2D eigenvalue weighted by molar-refractivity contribution is -0.131. The molecule has 2 aromatic heterocycles. The second-order valence-electron chi connectivity index (χ2n) is 7.77. The number of carbonyl (C=O) groups is 2. The Labute approximate surface area is 179 Å². The Balaban J connectivity index is 1.56. The van der Waals surface area contributed by atoms with Crippen molar-refractivity contribution >= 4 is 33.4 Å². The minimum absolute atomic E-state index is 0.100. The average Bonchev–Trinajstić information content (AvgIpc) is 3.17. The van der Waals surface area contributed by atoms with Gasteiger partial charge in [-0.05, 0) is 18.9 Å². The van der Waals surface area contributed by atoms with Crippen LogP contribution < -0.4 is 5.32 Å². The van der Waals surface area contributed by atoms with E-state index < -0.39 is 0 Å². The van der Waals surface area contributed by atoms with Gasteiger partial charge < -0.3 is 20.1 Å². The third kappa shape index (κ3) is 4.34. The Morgan fingerprint density at radius 1 is 1.33 bits per heavy atom. The van der Waals surface area contributed by atoms with Crippen molar-refractivity contribution < 1.29 is 19.4 Å². The van der Waals surface area contributed by atoms with Gasteiger partial charge in [0.05, 0.1) is 19.3 Å². The molecule has 2 aliphatic heterocycles. The van der Waals surface area contributed by atoms with Crippen molar-refractivity contribution in [1.29, 1.82) is 0 Å². The summed E-state index contributed by atoms with van der Waals surface area (Å²) in [4.78, 5) is 34.6. The first-order valence-electron chi connectivity index (χ1n) is 10.5. The maximum absolute atomic E-state index is 12.8. The topological polar surface area (TPSA) is 95.0 Å². The lowest BCUT2D eigenvalue weighted by Gasteiger charge is -2.42. The standard InChI is InChI=1S/C21H28N4O4S/c1-14(27)24-8-4-15(5-9-24)25-10-12-29-17(13-25)18-16-3-2-6-23-21(16)30-19(18)20(28)22-7-11-26/h2-3,6,15,17,26H,4-5,7-13H2,1H3,(H,22,28). The molecular weight excluding hydrogens is 404 g/mol. The molecule has 0 saturated carbocycles. The van der Waals surface area contributed by atoms with Crippen molar-refractivity contribution in [3.63, 3.8) is 0 Å². The number of ether oxygens (including phenoxy) is 1. The Morgan fingerprint density at radius 3 is 2.87 bits per heavy atom. The fourth-order valence-electron chi connectivity index (χ4n) is 4.41. The summed E-state index contributed by atoms with van der Waals surface area (Å²) < 4.78 is 6.15. The molecule has 2 amide bonds. The van der Waals surface area contributed by atoms with Gasteiger partial charge in [0.2, 0.25) is 5.91 Å². The summed E-state index contributed by atoms with van der Waals surface area (Å²) in [7, 11) is 0. The Kier molecular flexibility index (Phi) is 6.62. The van der Waals surface area contributed by atoms with Gasteiger partial charge in [0, 0.05) is 62.8 Å². The number of amides is 2. The van der Waals surface area contributed by atoms with E-state index in [0.717, 1.165) is 48.3 Å². The molecule has 4 rings (SSSR count). The second-order valence-corrected chi connectivity index (χ2v) is 8.77. The number of aliphatic hydroxyl groups excluding tert-OH is 1. The molecule has 0 aliphatic carbocycles. The van der Waals surface area contributed by atoms with Crippen molar-refractivity contribution in [2.75, 3.05) is 45.9 Å². The molecule has 0 radical (unpaired) electrons. The van der Waals surface area contributed by atoms with E-state index in [9.17, 15) is 9.59 Å². The summed E-state index contributed by atoms with van der Waals surface area (Å²) in [5.74, 6) is -0.0541. The molecule has 2 aliphatic rings. The van der Waals surface area contributed by atoms with Crippen molar-refractivity contribution in [1.82, 2.24) is 20.1 Å². The number of nitrogens with zero attached hydrogens (tertiary/aromatic N) is 3. The van der Waals surface area contributed by atoms with E-state index in [2.05, 4.69) is 15.2 Å². The van der Waals surface area contributed by atoms with Gasteiger partial charge in [-0.1, -0.05) is 6.07 Å². The van der Waals surface area contributed by atoms with Gasteiger partial charge in [-0.2, -0.15) is 0 Å². The maximum atomic E-state index is 12.8. The van der Waals surface area contributed by atoms with Crippen molar-refractivity contribution in [3.05, 3.63) is 28.8 Å². The zero-order valence-corrected chi connectivity index (χ0v) is 18.0. The van der Waals surface area contributed by atoms with E-state index in [0.29, 0.717) is 24.1 Å². The molecule has 0 bridgehead atoms. The summed E-state index contributed by atoms with van der Waals surface area (Å²) >= 11 is 1.37. The first kappa shape index (κ1) is 21.2. The Morgan fingerprint density at radius 2 is 2.13 bits per heavy atom. The van der Waals surface area contributed by atoms with Crippen molar-refractivity contribution in [2.24, 2.45) is 0 Å². The number of nitrogens with one attached hydrogen (secondary N) is 1. The number of carbonyl (C=O) groups excluding carboxylic acids is 2. The Bertz CT molecular complexity index is 910. The number of piperidine rings is 1. The highest BCUT2D eigenvalue weighted by atomic mass is 32.1. The van der Waals surface area contributed by atoms with Crippen LogP contribution in [0.2, 0.25) is 0 Å². The lowest BCUT2D eigenvalue weighted by Crippen LogP contribution is -2.50. The Hall–Kier alpha value is -2.07. The van der Waals surface area contributed by atoms with Crippen LogP contribution in [-0.4, -0.2) is 83.7 Å². The number of hydrogen-bond acceptors (Lipinski definition) is 7. The highest BCUT2D eigenvalue weighted by Gasteiger charge is 2.34. The van der Waals surface area contributed by atoms with Gasteiger partial charge in [0.25, 0.3) is 5.91 Å². The fraction of sp³-hybridized carbons (Fsp3) is 0.571. The van der Waals surface area contributed by atoms with Crippen LogP contribution in [0.15, 0.2) is 18.3 Å². The SMILES string of the molecule is CC(=O)N1CCC(N2CCOC(c3c(C(=O)NCCO)sc4ncccc34)C2)CC1. The van der Waals surface area contributed by atoms with Crippen LogP contribution >= 0.6 is 11.3 Å². The molecule has 0 aromatic carbocycles. The minimum Gasteiger partial charge on any atom is -0.395 e. The molecule has 9 heteroatoms.